The average Bonchev–Trinajstić information content (AvgIpc) is 3.48. The molecular weight excluding hydrogens is 656 g/mol. The number of alkyl halides is 3. The van der Waals surface area contributed by atoms with Crippen LogP contribution in [-0.2, 0) is 44.6 Å². The lowest BCUT2D eigenvalue weighted by molar-refractivity contribution is -0.137. The average molecular weight is 707 g/mol. The molecule has 1 aliphatic carbocycles. The summed E-state index contributed by atoms with van der Waals surface area (Å²) in [4.78, 5) is 55.0. The summed E-state index contributed by atoms with van der Waals surface area (Å²) in [5, 5.41) is 8.02. The number of unbranched alkanes of at least 4 members (excludes halogenated alkanes) is 1. The first kappa shape index (κ1) is 41.7. The number of hydrazine groups is 1. The standard InChI is InChI=1S/C30H34F4N6O4.C4H10.C2H6/c1-3-16(2)25(27(43)40-35)38-28(44)29(39-24(42)15-36-23(41)13-17-7-4-5-10-21(17)31)12-11-22-19(14-29)18-8-6-9-20(26(18)37-22)30(32,33)34;1-3-4-2;1-2/h4-10,16,25,37H,3,11-15,35H2,1-2H3,(H,36,41)(H,38,44)(H,39,42)(H,40,43);3-4H2,1-2H3;1-2H3/t16-,25?,29+;;/m0../s1. The molecule has 0 saturated heterocycles. The Hall–Kier alpha value is -4.46. The minimum atomic E-state index is -4.63. The zero-order chi connectivity index (χ0) is 37.6. The molecule has 1 aromatic heterocycles. The molecule has 3 atom stereocenters. The molecular formula is C36H50F4N6O4. The Morgan fingerprint density at radius 2 is 1.64 bits per heavy atom. The number of H-pyrrole nitrogens is 1. The third kappa shape index (κ3) is 10.5. The van der Waals surface area contributed by atoms with E-state index in [2.05, 4.69) is 34.8 Å². The van der Waals surface area contributed by atoms with Crippen molar-refractivity contribution in [3.05, 3.63) is 70.7 Å². The normalized spacial score (nSPS) is 16.3. The number of hydrogen-bond acceptors (Lipinski definition) is 5. The number of aryl methyl sites for hydroxylation is 1. The molecule has 0 radical (unpaired) electrons. The number of rotatable bonds is 11. The molecule has 10 nitrogen and oxygen atoms in total. The summed E-state index contributed by atoms with van der Waals surface area (Å²) in [7, 11) is 0. The van der Waals surface area contributed by atoms with Crippen molar-refractivity contribution >= 4 is 34.5 Å². The van der Waals surface area contributed by atoms with E-state index in [4.69, 9.17) is 5.84 Å². The van der Waals surface area contributed by atoms with Gasteiger partial charge in [0.2, 0.25) is 17.7 Å². The second kappa shape index (κ2) is 19.1. The van der Waals surface area contributed by atoms with Gasteiger partial charge >= 0.3 is 6.18 Å². The molecule has 276 valence electrons. The van der Waals surface area contributed by atoms with Crippen molar-refractivity contribution in [1.82, 2.24) is 26.4 Å². The Balaban J connectivity index is 0.00000135. The van der Waals surface area contributed by atoms with E-state index >= 15 is 0 Å². The maximum Gasteiger partial charge on any atom is 0.418 e. The van der Waals surface area contributed by atoms with E-state index in [1.807, 2.05) is 26.2 Å². The largest absolute Gasteiger partial charge is 0.418 e. The van der Waals surface area contributed by atoms with Crippen molar-refractivity contribution in [2.45, 2.75) is 104 Å². The van der Waals surface area contributed by atoms with Crippen LogP contribution in [0.3, 0.4) is 0 Å². The van der Waals surface area contributed by atoms with E-state index in [0.717, 1.165) is 6.07 Å². The number of benzene rings is 2. The topological polar surface area (TPSA) is 158 Å². The number of carbonyl (C=O) groups excluding carboxylic acids is 4. The van der Waals surface area contributed by atoms with Crippen LogP contribution in [0, 0.1) is 11.7 Å². The predicted octanol–water partition coefficient (Wildman–Crippen LogP) is 5.38. The fourth-order valence-electron chi connectivity index (χ4n) is 5.50. The lowest BCUT2D eigenvalue weighted by atomic mass is 9.78. The maximum absolute atomic E-state index is 14.0. The smallest absolute Gasteiger partial charge is 0.358 e. The molecule has 0 aliphatic heterocycles. The van der Waals surface area contributed by atoms with E-state index < -0.39 is 59.3 Å². The molecule has 1 aliphatic rings. The van der Waals surface area contributed by atoms with Crippen LogP contribution in [-0.4, -0.2) is 46.7 Å². The third-order valence-electron chi connectivity index (χ3n) is 8.61. The molecule has 1 heterocycles. The second-order valence-corrected chi connectivity index (χ2v) is 12.0. The van der Waals surface area contributed by atoms with E-state index in [0.29, 0.717) is 17.7 Å². The van der Waals surface area contributed by atoms with Crippen LogP contribution >= 0.6 is 0 Å². The van der Waals surface area contributed by atoms with Gasteiger partial charge in [0, 0.05) is 17.5 Å². The van der Waals surface area contributed by atoms with Gasteiger partial charge in [0.1, 0.15) is 17.4 Å². The molecule has 50 heavy (non-hydrogen) atoms. The van der Waals surface area contributed by atoms with Gasteiger partial charge in [-0.25, -0.2) is 10.2 Å². The van der Waals surface area contributed by atoms with Crippen molar-refractivity contribution in [2.75, 3.05) is 6.54 Å². The van der Waals surface area contributed by atoms with Crippen LogP contribution in [0.25, 0.3) is 10.9 Å². The van der Waals surface area contributed by atoms with Gasteiger partial charge in [0.25, 0.3) is 5.91 Å². The van der Waals surface area contributed by atoms with Gasteiger partial charge < -0.3 is 20.9 Å². The highest BCUT2D eigenvalue weighted by molar-refractivity contribution is 5.98. The molecule has 0 saturated carbocycles. The third-order valence-corrected chi connectivity index (χ3v) is 8.61. The maximum atomic E-state index is 14.0. The Kier molecular flexibility index (Phi) is 15.9. The summed E-state index contributed by atoms with van der Waals surface area (Å²) in [5.74, 6) is 1.63. The predicted molar refractivity (Wildman–Crippen MR) is 185 cm³/mol. The van der Waals surface area contributed by atoms with Crippen molar-refractivity contribution < 1.29 is 36.7 Å². The highest BCUT2D eigenvalue weighted by Crippen LogP contribution is 2.40. The number of aromatic amines is 1. The van der Waals surface area contributed by atoms with Gasteiger partial charge in [-0.05, 0) is 42.0 Å². The first-order chi connectivity index (χ1) is 23.7. The van der Waals surface area contributed by atoms with E-state index in [9.17, 15) is 36.7 Å². The summed E-state index contributed by atoms with van der Waals surface area (Å²) in [6.45, 7) is 11.3. The Morgan fingerprint density at radius 3 is 2.22 bits per heavy atom. The Morgan fingerprint density at radius 1 is 0.980 bits per heavy atom. The summed E-state index contributed by atoms with van der Waals surface area (Å²) in [5.41, 5.74) is 0.383. The van der Waals surface area contributed by atoms with Crippen molar-refractivity contribution in [3.8, 4) is 0 Å². The molecule has 4 amide bonds. The van der Waals surface area contributed by atoms with Crippen molar-refractivity contribution in [2.24, 2.45) is 11.8 Å². The van der Waals surface area contributed by atoms with Gasteiger partial charge in [-0.3, -0.25) is 24.6 Å². The minimum Gasteiger partial charge on any atom is -0.358 e. The zero-order valence-electron chi connectivity index (χ0n) is 29.6. The highest BCUT2D eigenvalue weighted by Gasteiger charge is 2.46. The van der Waals surface area contributed by atoms with Crippen molar-refractivity contribution in [3.63, 3.8) is 0 Å². The SMILES string of the molecule is CC.CCCC.CC[C@H](C)C(NC(=O)[C@@]1(NC(=O)CNC(=O)Cc2ccccc2F)CCc2[nH]c3c(C(F)(F)F)cccc3c2C1)C(=O)NN. The van der Waals surface area contributed by atoms with E-state index in [1.54, 1.807) is 13.0 Å². The molecule has 14 heteroatoms. The quantitative estimate of drug-likeness (QED) is 0.0683. The molecule has 0 fully saturated rings. The first-order valence-electron chi connectivity index (χ1n) is 17.0. The van der Waals surface area contributed by atoms with Crippen LogP contribution in [0.4, 0.5) is 17.6 Å². The number of fused-ring (bicyclic) bond motifs is 3. The molecule has 7 N–H and O–H groups in total. The molecule has 0 spiro atoms. The van der Waals surface area contributed by atoms with Gasteiger partial charge in [0.15, 0.2) is 0 Å². The van der Waals surface area contributed by atoms with Crippen LogP contribution < -0.4 is 27.2 Å². The molecule has 0 bridgehead atoms. The zero-order valence-corrected chi connectivity index (χ0v) is 29.6. The molecule has 4 rings (SSSR count). The number of para-hydroxylation sites is 1. The Labute approximate surface area is 290 Å². The number of carbonyl (C=O) groups is 4. The van der Waals surface area contributed by atoms with E-state index in [1.165, 1.54) is 43.2 Å². The number of hydrogen-bond donors (Lipinski definition) is 6. The second-order valence-electron chi connectivity index (χ2n) is 12.0. The summed E-state index contributed by atoms with van der Waals surface area (Å²) in [6.07, 6.45) is -1.93. The van der Waals surface area contributed by atoms with Gasteiger partial charge in [0.05, 0.1) is 24.0 Å². The first-order valence-corrected chi connectivity index (χ1v) is 17.0. The van der Waals surface area contributed by atoms with Crippen LogP contribution in [0.2, 0.25) is 0 Å². The van der Waals surface area contributed by atoms with Crippen molar-refractivity contribution in [1.29, 1.82) is 0 Å². The van der Waals surface area contributed by atoms with Crippen LogP contribution in [0.1, 0.15) is 89.6 Å². The fourth-order valence-corrected chi connectivity index (χ4v) is 5.50. The number of nitrogens with two attached hydrogens (primary N) is 1. The number of amides is 4. The van der Waals surface area contributed by atoms with Gasteiger partial charge in [-0.2, -0.15) is 13.2 Å². The lowest BCUT2D eigenvalue weighted by Gasteiger charge is -2.38. The van der Waals surface area contributed by atoms with Crippen LogP contribution in [0.5, 0.6) is 0 Å². The minimum absolute atomic E-state index is 0.0214. The number of nitrogens with one attached hydrogen (secondary N) is 5. The highest BCUT2D eigenvalue weighted by atomic mass is 19.4. The number of aromatic nitrogens is 1. The lowest BCUT2D eigenvalue weighted by Crippen LogP contribution is -2.65. The Bertz CT molecular complexity index is 1610. The van der Waals surface area contributed by atoms with E-state index in [-0.39, 0.29) is 48.1 Å². The summed E-state index contributed by atoms with van der Waals surface area (Å²) in [6, 6.07) is 8.35. The fraction of sp³-hybridized carbons (Fsp3) is 0.500. The van der Waals surface area contributed by atoms with Gasteiger partial charge in [-0.15, -0.1) is 0 Å². The molecule has 2 aromatic carbocycles. The van der Waals surface area contributed by atoms with Crippen LogP contribution in [0.15, 0.2) is 42.5 Å². The number of halogens is 4. The summed E-state index contributed by atoms with van der Waals surface area (Å²) >= 11 is 0. The molecule has 3 aromatic rings. The van der Waals surface area contributed by atoms with Gasteiger partial charge in [-0.1, -0.05) is 91.1 Å². The monoisotopic (exact) mass is 706 g/mol. The molecule has 1 unspecified atom stereocenters. The summed E-state index contributed by atoms with van der Waals surface area (Å²) < 4.78 is 55.2.